The molecule has 8 nitrogen and oxygen atoms in total. The fourth-order valence-electron chi connectivity index (χ4n) is 2.61. The highest BCUT2D eigenvalue weighted by Gasteiger charge is 2.20. The van der Waals surface area contributed by atoms with Gasteiger partial charge >= 0.3 is 5.97 Å². The van der Waals surface area contributed by atoms with Gasteiger partial charge in [-0.1, -0.05) is 6.92 Å². The van der Waals surface area contributed by atoms with Crippen LogP contribution in [0, 0.1) is 12.8 Å². The predicted molar refractivity (Wildman–Crippen MR) is 112 cm³/mol. The zero-order valence-electron chi connectivity index (χ0n) is 17.2. The van der Waals surface area contributed by atoms with Gasteiger partial charge in [0.15, 0.2) is 5.96 Å². The molecule has 2 aromatic rings. The number of thiazole rings is 1. The molecular formula is C19H30N6O2S. The average molecular weight is 407 g/mol. The summed E-state index contributed by atoms with van der Waals surface area (Å²) >= 11 is 1.36. The van der Waals surface area contributed by atoms with Crippen LogP contribution in [0.5, 0.6) is 0 Å². The van der Waals surface area contributed by atoms with Gasteiger partial charge in [0.1, 0.15) is 9.88 Å². The first kappa shape index (κ1) is 21.9. The molecule has 28 heavy (non-hydrogen) atoms. The molecule has 2 N–H and O–H groups in total. The molecule has 0 spiro atoms. The van der Waals surface area contributed by atoms with Crippen LogP contribution in [0.1, 0.15) is 54.1 Å². The van der Waals surface area contributed by atoms with Crippen LogP contribution in [0.4, 0.5) is 0 Å². The van der Waals surface area contributed by atoms with Crippen LogP contribution in [0.25, 0.3) is 0 Å². The van der Waals surface area contributed by atoms with E-state index in [9.17, 15) is 4.79 Å². The third-order valence-corrected chi connectivity index (χ3v) is 5.28. The third-order valence-electron chi connectivity index (χ3n) is 3.96. The van der Waals surface area contributed by atoms with E-state index >= 15 is 0 Å². The molecule has 0 radical (unpaired) electrons. The molecule has 154 valence electrons. The third kappa shape index (κ3) is 6.33. The Morgan fingerprint density at radius 2 is 2.18 bits per heavy atom. The molecule has 2 heterocycles. The van der Waals surface area contributed by atoms with Gasteiger partial charge in [-0.25, -0.2) is 9.78 Å². The lowest BCUT2D eigenvalue weighted by Crippen LogP contribution is -2.39. The summed E-state index contributed by atoms with van der Waals surface area (Å²) in [5.74, 6) is 0.764. The number of carbonyl (C=O) groups is 1. The van der Waals surface area contributed by atoms with Crippen LogP contribution >= 0.6 is 11.3 Å². The van der Waals surface area contributed by atoms with E-state index in [1.807, 2.05) is 37.7 Å². The summed E-state index contributed by atoms with van der Waals surface area (Å²) in [6.07, 6.45) is 3.74. The lowest BCUT2D eigenvalue weighted by molar-refractivity contribution is 0.0531. The zero-order chi connectivity index (χ0) is 20.5. The van der Waals surface area contributed by atoms with Crippen molar-refractivity contribution in [2.75, 3.05) is 19.7 Å². The highest BCUT2D eigenvalue weighted by Crippen LogP contribution is 2.24. The molecule has 0 aliphatic rings. The van der Waals surface area contributed by atoms with Gasteiger partial charge in [0, 0.05) is 32.0 Å². The van der Waals surface area contributed by atoms with Crippen LogP contribution in [-0.2, 0) is 11.3 Å². The topological polar surface area (TPSA) is 93.4 Å². The molecule has 0 aromatic carbocycles. The molecule has 2 aromatic heterocycles. The number of rotatable bonds is 9. The molecule has 2 atom stereocenters. The Balaban J connectivity index is 2.00. The number of guanidine groups is 1. The molecule has 2 unspecified atom stereocenters. The van der Waals surface area contributed by atoms with Crippen molar-refractivity contribution in [3.63, 3.8) is 0 Å². The number of hydrogen-bond donors (Lipinski definition) is 2. The Hall–Kier alpha value is -2.42. The Morgan fingerprint density at radius 3 is 2.82 bits per heavy atom. The lowest BCUT2D eigenvalue weighted by Gasteiger charge is -2.17. The number of aliphatic imine (C=N–C) groups is 1. The SMILES string of the molecule is CCNC(=NCC(C)Cn1cccn1)NC(C)c1nc(C)c(C(=O)OCC)s1. The highest BCUT2D eigenvalue weighted by molar-refractivity contribution is 7.13. The van der Waals surface area contributed by atoms with Crippen molar-refractivity contribution in [2.45, 2.75) is 47.2 Å². The maximum Gasteiger partial charge on any atom is 0.350 e. The van der Waals surface area contributed by atoms with Gasteiger partial charge in [-0.2, -0.15) is 5.10 Å². The minimum atomic E-state index is -0.316. The van der Waals surface area contributed by atoms with E-state index in [-0.39, 0.29) is 12.0 Å². The van der Waals surface area contributed by atoms with E-state index in [4.69, 9.17) is 9.73 Å². The van der Waals surface area contributed by atoms with Gasteiger partial charge in [0.2, 0.25) is 0 Å². The number of carbonyl (C=O) groups excluding carboxylic acids is 1. The summed E-state index contributed by atoms with van der Waals surface area (Å²) in [6, 6.07) is 1.84. The van der Waals surface area contributed by atoms with Gasteiger partial charge in [0.25, 0.3) is 0 Å². The normalized spacial score (nSPS) is 13.8. The molecule has 2 rings (SSSR count). The second-order valence-corrected chi connectivity index (χ2v) is 7.64. The largest absolute Gasteiger partial charge is 0.462 e. The first-order chi connectivity index (χ1) is 13.4. The number of nitrogens with zero attached hydrogens (tertiary/aromatic N) is 4. The minimum Gasteiger partial charge on any atom is -0.462 e. The maximum absolute atomic E-state index is 12.0. The molecule has 0 saturated heterocycles. The van der Waals surface area contributed by atoms with E-state index in [0.717, 1.165) is 24.1 Å². The average Bonchev–Trinajstić information content (AvgIpc) is 3.29. The number of esters is 1. The van der Waals surface area contributed by atoms with Crippen LogP contribution in [-0.4, -0.2) is 46.4 Å². The summed E-state index contributed by atoms with van der Waals surface area (Å²) in [5, 5.41) is 11.7. The van der Waals surface area contributed by atoms with Crippen molar-refractivity contribution in [1.82, 2.24) is 25.4 Å². The van der Waals surface area contributed by atoms with Gasteiger partial charge in [-0.15, -0.1) is 11.3 Å². The number of aromatic nitrogens is 3. The molecule has 0 fully saturated rings. The first-order valence-corrected chi connectivity index (χ1v) is 10.4. The standard InChI is InChI=1S/C19H30N6O2S/c1-6-20-19(21-11-13(3)12-25-10-8-9-22-25)24-15(5)17-23-14(4)16(28-17)18(26)27-7-2/h8-10,13,15H,6-7,11-12H2,1-5H3,(H2,20,21,24). The molecule has 0 saturated carbocycles. The molecule has 0 bridgehead atoms. The van der Waals surface area contributed by atoms with Crippen molar-refractivity contribution < 1.29 is 9.53 Å². The van der Waals surface area contributed by atoms with E-state index in [2.05, 4.69) is 27.6 Å². The summed E-state index contributed by atoms with van der Waals surface area (Å²) in [6.45, 7) is 12.4. The summed E-state index contributed by atoms with van der Waals surface area (Å²) in [7, 11) is 0. The minimum absolute atomic E-state index is 0.0777. The molecule has 0 amide bonds. The Morgan fingerprint density at radius 1 is 1.39 bits per heavy atom. The van der Waals surface area contributed by atoms with Crippen LogP contribution < -0.4 is 10.6 Å². The molecule has 9 heteroatoms. The summed E-state index contributed by atoms with van der Waals surface area (Å²) < 4.78 is 7.01. The molecular weight excluding hydrogens is 376 g/mol. The number of aryl methyl sites for hydroxylation is 1. The maximum atomic E-state index is 12.0. The Bertz CT molecular complexity index is 771. The Kier molecular flexibility index (Phi) is 8.43. The quantitative estimate of drug-likeness (QED) is 0.378. The first-order valence-electron chi connectivity index (χ1n) is 9.61. The molecule has 0 aliphatic heterocycles. The second-order valence-electron chi connectivity index (χ2n) is 6.61. The van der Waals surface area contributed by atoms with Crippen molar-refractivity contribution in [3.8, 4) is 0 Å². The van der Waals surface area contributed by atoms with Crippen LogP contribution in [0.15, 0.2) is 23.5 Å². The van der Waals surface area contributed by atoms with Gasteiger partial charge < -0.3 is 15.4 Å². The van der Waals surface area contributed by atoms with Crippen molar-refractivity contribution >= 4 is 23.3 Å². The fraction of sp³-hybridized carbons (Fsp3) is 0.579. The van der Waals surface area contributed by atoms with Gasteiger partial charge in [-0.05, 0) is 39.7 Å². The van der Waals surface area contributed by atoms with Crippen LogP contribution in [0.3, 0.4) is 0 Å². The van der Waals surface area contributed by atoms with E-state index < -0.39 is 0 Å². The van der Waals surface area contributed by atoms with Gasteiger partial charge in [0.05, 0.1) is 18.3 Å². The van der Waals surface area contributed by atoms with Crippen molar-refractivity contribution in [2.24, 2.45) is 10.9 Å². The zero-order valence-corrected chi connectivity index (χ0v) is 18.0. The smallest absolute Gasteiger partial charge is 0.350 e. The van der Waals surface area contributed by atoms with E-state index in [1.165, 1.54) is 11.3 Å². The number of hydrogen-bond acceptors (Lipinski definition) is 6. The van der Waals surface area contributed by atoms with Crippen molar-refractivity contribution in [3.05, 3.63) is 34.0 Å². The monoisotopic (exact) mass is 406 g/mol. The number of ether oxygens (including phenoxy) is 1. The highest BCUT2D eigenvalue weighted by atomic mass is 32.1. The Labute approximate surface area is 170 Å². The van der Waals surface area contributed by atoms with Crippen LogP contribution in [0.2, 0.25) is 0 Å². The van der Waals surface area contributed by atoms with Gasteiger partial charge in [-0.3, -0.25) is 9.67 Å². The van der Waals surface area contributed by atoms with E-state index in [1.54, 1.807) is 13.1 Å². The van der Waals surface area contributed by atoms with E-state index in [0.29, 0.717) is 29.6 Å². The number of nitrogens with one attached hydrogen (secondary N) is 2. The molecule has 0 aliphatic carbocycles. The predicted octanol–water partition coefficient (Wildman–Crippen LogP) is 2.78. The summed E-state index contributed by atoms with van der Waals surface area (Å²) in [5.41, 5.74) is 0.696. The second kappa shape index (κ2) is 10.8. The summed E-state index contributed by atoms with van der Waals surface area (Å²) in [4.78, 5) is 21.8. The fourth-order valence-corrected chi connectivity index (χ4v) is 3.57. The van der Waals surface area contributed by atoms with Crippen molar-refractivity contribution in [1.29, 1.82) is 0 Å². The lowest BCUT2D eigenvalue weighted by atomic mass is 10.2.